The predicted molar refractivity (Wildman–Crippen MR) is 91.5 cm³/mol. The molecule has 2 atom stereocenters. The van der Waals surface area contributed by atoms with Crippen LogP contribution in [0.5, 0.6) is 0 Å². The Morgan fingerprint density at radius 2 is 2.14 bits per heavy atom. The highest BCUT2D eigenvalue weighted by Gasteiger charge is 2.42. The van der Waals surface area contributed by atoms with Crippen LogP contribution in [-0.2, 0) is 9.53 Å². The van der Waals surface area contributed by atoms with E-state index >= 15 is 0 Å². The average Bonchev–Trinajstić information content (AvgIpc) is 2.44. The molecule has 0 unspecified atom stereocenters. The van der Waals surface area contributed by atoms with Crippen molar-refractivity contribution in [2.45, 2.75) is 71.4 Å². The van der Waals surface area contributed by atoms with Gasteiger partial charge >= 0.3 is 5.97 Å². The topological polar surface area (TPSA) is 29.5 Å². The smallest absolute Gasteiger partial charge is 0.328 e. The van der Waals surface area contributed by atoms with Crippen molar-refractivity contribution in [2.24, 2.45) is 0 Å². The molecule has 0 aliphatic carbocycles. The molecule has 0 amide bonds. The first-order valence-corrected chi connectivity index (χ1v) is 8.29. The molecule has 0 saturated heterocycles. The third-order valence-electron chi connectivity index (χ3n) is 4.78. The predicted octanol–water partition coefficient (Wildman–Crippen LogP) is 4.43. The molecule has 1 heterocycles. The molecule has 0 N–H and O–H groups in total. The second-order valence-corrected chi connectivity index (χ2v) is 7.18. The van der Waals surface area contributed by atoms with Crippen LogP contribution >= 0.6 is 0 Å². The highest BCUT2D eigenvalue weighted by molar-refractivity contribution is 5.81. The number of anilines is 1. The van der Waals surface area contributed by atoms with E-state index in [1.54, 1.807) is 0 Å². The van der Waals surface area contributed by atoms with Gasteiger partial charge in [0.25, 0.3) is 0 Å². The van der Waals surface area contributed by atoms with Gasteiger partial charge in [0.15, 0.2) is 0 Å². The molecule has 2 rings (SSSR count). The average molecular weight is 303 g/mol. The van der Waals surface area contributed by atoms with Gasteiger partial charge in [-0.05, 0) is 56.7 Å². The summed E-state index contributed by atoms with van der Waals surface area (Å²) < 4.78 is 5.10. The normalized spacial score (nSPS) is 21.2. The van der Waals surface area contributed by atoms with Gasteiger partial charge in [-0.1, -0.05) is 32.4 Å². The summed E-state index contributed by atoms with van der Waals surface area (Å²) in [6.07, 6.45) is 2.82. The number of nitrogens with zero attached hydrogens (tertiary/aromatic N) is 1. The van der Waals surface area contributed by atoms with Gasteiger partial charge in [0, 0.05) is 11.2 Å². The maximum atomic E-state index is 12.4. The first-order chi connectivity index (χ1) is 10.3. The van der Waals surface area contributed by atoms with E-state index in [0.29, 0.717) is 5.92 Å². The minimum atomic E-state index is -0.210. The van der Waals surface area contributed by atoms with Gasteiger partial charge in [-0.25, -0.2) is 4.79 Å². The van der Waals surface area contributed by atoms with E-state index in [1.165, 1.54) is 23.9 Å². The van der Waals surface area contributed by atoms with E-state index in [0.717, 1.165) is 19.3 Å². The number of hydrogen-bond acceptors (Lipinski definition) is 3. The lowest BCUT2D eigenvalue weighted by Gasteiger charge is -2.50. The van der Waals surface area contributed by atoms with Gasteiger partial charge in [-0.15, -0.1) is 0 Å². The molecule has 122 valence electrons. The number of carbonyl (C=O) groups is 1. The number of hydrogen-bond donors (Lipinski definition) is 0. The summed E-state index contributed by atoms with van der Waals surface area (Å²) in [5, 5.41) is 0. The molecule has 0 aromatic heterocycles. The lowest BCUT2D eigenvalue weighted by molar-refractivity contribution is -0.142. The quantitative estimate of drug-likeness (QED) is 0.771. The number of carbonyl (C=O) groups excluding carboxylic acids is 1. The Morgan fingerprint density at radius 1 is 1.45 bits per heavy atom. The van der Waals surface area contributed by atoms with Crippen molar-refractivity contribution in [3.8, 4) is 0 Å². The van der Waals surface area contributed by atoms with Crippen LogP contribution < -0.4 is 4.90 Å². The Balaban J connectivity index is 2.57. The minimum absolute atomic E-state index is 0.0613. The third kappa shape index (κ3) is 2.99. The number of esters is 1. The van der Waals surface area contributed by atoms with E-state index in [9.17, 15) is 4.79 Å². The fourth-order valence-corrected chi connectivity index (χ4v) is 3.91. The number of rotatable bonds is 4. The van der Waals surface area contributed by atoms with E-state index < -0.39 is 0 Å². The summed E-state index contributed by atoms with van der Waals surface area (Å²) in [5.41, 5.74) is 3.71. The largest absolute Gasteiger partial charge is 0.467 e. The van der Waals surface area contributed by atoms with Crippen molar-refractivity contribution in [2.75, 3.05) is 12.0 Å². The van der Waals surface area contributed by atoms with Gasteiger partial charge in [-0.2, -0.15) is 0 Å². The molecule has 1 aliphatic rings. The summed E-state index contributed by atoms with van der Waals surface area (Å²) in [4.78, 5) is 14.7. The zero-order chi connectivity index (χ0) is 16.5. The lowest BCUT2D eigenvalue weighted by Crippen LogP contribution is -2.56. The minimum Gasteiger partial charge on any atom is -0.467 e. The Bertz CT molecular complexity index is 550. The number of fused-ring (bicyclic) bond motifs is 1. The maximum Gasteiger partial charge on any atom is 0.328 e. The van der Waals surface area contributed by atoms with E-state index in [1.807, 2.05) is 0 Å². The zero-order valence-corrected chi connectivity index (χ0v) is 14.8. The van der Waals surface area contributed by atoms with Crippen LogP contribution in [0.3, 0.4) is 0 Å². The summed E-state index contributed by atoms with van der Waals surface area (Å²) in [6.45, 7) is 11.0. The molecule has 0 bridgehead atoms. The molecule has 1 aromatic rings. The van der Waals surface area contributed by atoms with Crippen LogP contribution in [-0.4, -0.2) is 24.7 Å². The SMILES string of the molecule is CCC[C@H](C(=O)OC)N1c2cc(C)ccc2[C@H](C)CC1(C)C. The standard InChI is InChI=1S/C19H29NO2/c1-7-8-16(18(21)22-6)20-17-11-13(2)9-10-15(17)14(3)12-19(20,4)5/h9-11,14,16H,7-8,12H2,1-6H3/t14-,16-/m1/s1. The third-order valence-corrected chi connectivity index (χ3v) is 4.78. The lowest BCUT2D eigenvalue weighted by atomic mass is 9.78. The zero-order valence-electron chi connectivity index (χ0n) is 14.8. The van der Waals surface area contributed by atoms with Crippen LogP contribution in [0.25, 0.3) is 0 Å². The second kappa shape index (κ2) is 6.31. The Labute approximate surface area is 134 Å². The van der Waals surface area contributed by atoms with Crippen LogP contribution in [0.4, 0.5) is 5.69 Å². The highest BCUT2D eigenvalue weighted by atomic mass is 16.5. The molecule has 0 spiro atoms. The molecule has 0 radical (unpaired) electrons. The monoisotopic (exact) mass is 303 g/mol. The molecule has 1 aliphatic heterocycles. The van der Waals surface area contributed by atoms with Crippen molar-refractivity contribution in [3.63, 3.8) is 0 Å². The Kier molecular flexibility index (Phi) is 4.84. The first-order valence-electron chi connectivity index (χ1n) is 8.29. The molecule has 0 fully saturated rings. The van der Waals surface area contributed by atoms with E-state index in [-0.39, 0.29) is 17.6 Å². The van der Waals surface area contributed by atoms with E-state index in [2.05, 4.69) is 57.7 Å². The van der Waals surface area contributed by atoms with Crippen molar-refractivity contribution >= 4 is 11.7 Å². The maximum absolute atomic E-state index is 12.4. The van der Waals surface area contributed by atoms with Crippen LogP contribution in [0, 0.1) is 6.92 Å². The highest BCUT2D eigenvalue weighted by Crippen LogP contribution is 2.45. The molecule has 22 heavy (non-hydrogen) atoms. The molecule has 3 nitrogen and oxygen atoms in total. The summed E-state index contributed by atoms with van der Waals surface area (Å²) >= 11 is 0. The van der Waals surface area contributed by atoms with Gasteiger partial charge in [-0.3, -0.25) is 0 Å². The fourth-order valence-electron chi connectivity index (χ4n) is 3.91. The molecule has 1 aromatic carbocycles. The van der Waals surface area contributed by atoms with Gasteiger partial charge in [0.2, 0.25) is 0 Å². The summed E-state index contributed by atoms with van der Waals surface area (Å²) in [6, 6.07) is 6.40. The van der Waals surface area contributed by atoms with Gasteiger partial charge < -0.3 is 9.64 Å². The summed E-state index contributed by atoms with van der Waals surface area (Å²) in [7, 11) is 1.49. The van der Waals surface area contributed by atoms with Crippen LogP contribution in [0.15, 0.2) is 18.2 Å². The van der Waals surface area contributed by atoms with Crippen molar-refractivity contribution in [3.05, 3.63) is 29.3 Å². The second-order valence-electron chi connectivity index (χ2n) is 7.18. The van der Waals surface area contributed by atoms with Crippen molar-refractivity contribution in [1.82, 2.24) is 0 Å². The van der Waals surface area contributed by atoms with E-state index in [4.69, 9.17) is 4.74 Å². The number of ether oxygens (including phenoxy) is 1. The van der Waals surface area contributed by atoms with Crippen LogP contribution in [0.1, 0.15) is 64.0 Å². The van der Waals surface area contributed by atoms with Crippen molar-refractivity contribution in [1.29, 1.82) is 0 Å². The van der Waals surface area contributed by atoms with Crippen LogP contribution in [0.2, 0.25) is 0 Å². The molecular formula is C19H29NO2. The Hall–Kier alpha value is -1.51. The fraction of sp³-hybridized carbons (Fsp3) is 0.632. The molecular weight excluding hydrogens is 274 g/mol. The number of methoxy groups -OCH3 is 1. The van der Waals surface area contributed by atoms with Gasteiger partial charge in [0.05, 0.1) is 7.11 Å². The van der Waals surface area contributed by atoms with Gasteiger partial charge in [0.1, 0.15) is 6.04 Å². The van der Waals surface area contributed by atoms with Crippen molar-refractivity contribution < 1.29 is 9.53 Å². The molecule has 3 heteroatoms. The number of aryl methyl sites for hydroxylation is 1. The first kappa shape index (κ1) is 16.9. The Morgan fingerprint density at radius 3 is 2.73 bits per heavy atom. The summed E-state index contributed by atoms with van der Waals surface area (Å²) in [5.74, 6) is 0.374. The molecule has 0 saturated carbocycles. The number of benzene rings is 1.